The lowest BCUT2D eigenvalue weighted by Gasteiger charge is -2.15. The van der Waals surface area contributed by atoms with Gasteiger partial charge in [-0.2, -0.15) is 0 Å². The van der Waals surface area contributed by atoms with Gasteiger partial charge in [-0.15, -0.1) is 0 Å². The SMILES string of the molecule is CN(CCCc1nc2ccccc2o1)CC(=O)NC1CC1. The molecule has 1 saturated carbocycles. The monoisotopic (exact) mass is 287 g/mol. The van der Waals surface area contributed by atoms with Crippen LogP contribution >= 0.6 is 0 Å². The van der Waals surface area contributed by atoms with Gasteiger partial charge in [-0.25, -0.2) is 4.98 Å². The second-order valence-corrected chi connectivity index (χ2v) is 5.76. The Bertz CT molecular complexity index is 586. The zero-order valence-electron chi connectivity index (χ0n) is 12.3. The van der Waals surface area contributed by atoms with Gasteiger partial charge in [0, 0.05) is 12.5 Å². The van der Waals surface area contributed by atoms with Crippen LogP contribution in [0.25, 0.3) is 11.1 Å². The molecule has 0 radical (unpaired) electrons. The summed E-state index contributed by atoms with van der Waals surface area (Å²) in [5.74, 6) is 0.897. The minimum atomic E-state index is 0.127. The lowest BCUT2D eigenvalue weighted by Crippen LogP contribution is -2.36. The van der Waals surface area contributed by atoms with Crippen LogP contribution in [-0.4, -0.2) is 42.0 Å². The van der Waals surface area contributed by atoms with Crippen molar-refractivity contribution in [1.29, 1.82) is 0 Å². The zero-order valence-corrected chi connectivity index (χ0v) is 12.3. The van der Waals surface area contributed by atoms with E-state index in [1.807, 2.05) is 36.2 Å². The predicted octanol–water partition coefficient (Wildman–Crippen LogP) is 1.97. The number of hydrogen-bond acceptors (Lipinski definition) is 4. The fourth-order valence-corrected chi connectivity index (χ4v) is 2.35. The minimum Gasteiger partial charge on any atom is -0.441 e. The summed E-state index contributed by atoms with van der Waals surface area (Å²) in [5, 5.41) is 3.00. The van der Waals surface area contributed by atoms with Crippen LogP contribution in [0.1, 0.15) is 25.2 Å². The first-order chi connectivity index (χ1) is 10.2. The number of nitrogens with zero attached hydrogens (tertiary/aromatic N) is 2. The van der Waals surface area contributed by atoms with E-state index in [-0.39, 0.29) is 5.91 Å². The van der Waals surface area contributed by atoms with Crippen LogP contribution in [0.4, 0.5) is 0 Å². The maximum atomic E-state index is 11.7. The predicted molar refractivity (Wildman–Crippen MR) is 81.0 cm³/mol. The van der Waals surface area contributed by atoms with Gasteiger partial charge in [0.2, 0.25) is 5.91 Å². The molecule has 2 aromatic rings. The van der Waals surface area contributed by atoms with E-state index in [2.05, 4.69) is 10.3 Å². The van der Waals surface area contributed by atoms with Gasteiger partial charge in [0.05, 0.1) is 6.54 Å². The van der Waals surface area contributed by atoms with E-state index in [1.165, 1.54) is 0 Å². The molecule has 1 heterocycles. The van der Waals surface area contributed by atoms with Crippen molar-refractivity contribution < 1.29 is 9.21 Å². The minimum absolute atomic E-state index is 0.127. The maximum Gasteiger partial charge on any atom is 0.234 e. The number of aromatic nitrogens is 1. The molecular weight excluding hydrogens is 266 g/mol. The molecule has 0 aliphatic heterocycles. The summed E-state index contributed by atoms with van der Waals surface area (Å²) in [7, 11) is 1.97. The molecule has 3 rings (SSSR count). The number of carbonyl (C=O) groups is 1. The standard InChI is InChI=1S/C16H21N3O2/c1-19(11-15(20)17-12-8-9-12)10-4-7-16-18-13-5-2-3-6-14(13)21-16/h2-3,5-6,12H,4,7-11H2,1H3,(H,17,20). The molecule has 0 bridgehead atoms. The van der Waals surface area contributed by atoms with Crippen LogP contribution in [0.15, 0.2) is 28.7 Å². The van der Waals surface area contributed by atoms with Crippen LogP contribution in [0.2, 0.25) is 0 Å². The molecule has 1 aromatic heterocycles. The summed E-state index contributed by atoms with van der Waals surface area (Å²) in [6.45, 7) is 1.32. The number of nitrogens with one attached hydrogen (secondary N) is 1. The van der Waals surface area contributed by atoms with E-state index in [4.69, 9.17) is 4.42 Å². The number of likely N-dealkylation sites (N-methyl/N-ethyl adjacent to an activating group) is 1. The van der Waals surface area contributed by atoms with Gasteiger partial charge >= 0.3 is 0 Å². The molecule has 0 unspecified atom stereocenters. The maximum absolute atomic E-state index is 11.7. The second kappa shape index (κ2) is 6.26. The van der Waals surface area contributed by atoms with E-state index in [0.717, 1.165) is 49.2 Å². The number of para-hydroxylation sites is 2. The summed E-state index contributed by atoms with van der Waals surface area (Å²) in [6.07, 6.45) is 3.99. The summed E-state index contributed by atoms with van der Waals surface area (Å²) in [5.41, 5.74) is 1.74. The average molecular weight is 287 g/mol. The third-order valence-corrected chi connectivity index (χ3v) is 3.62. The van der Waals surface area contributed by atoms with E-state index in [9.17, 15) is 4.79 Å². The van der Waals surface area contributed by atoms with Crippen molar-refractivity contribution in [3.63, 3.8) is 0 Å². The van der Waals surface area contributed by atoms with Crippen molar-refractivity contribution in [2.24, 2.45) is 0 Å². The lowest BCUT2D eigenvalue weighted by molar-refractivity contribution is -0.122. The summed E-state index contributed by atoms with van der Waals surface area (Å²) in [4.78, 5) is 18.2. The number of carbonyl (C=O) groups excluding carboxylic acids is 1. The smallest absolute Gasteiger partial charge is 0.234 e. The highest BCUT2D eigenvalue weighted by atomic mass is 16.3. The van der Waals surface area contributed by atoms with Crippen molar-refractivity contribution in [3.05, 3.63) is 30.2 Å². The van der Waals surface area contributed by atoms with Crippen LogP contribution in [0.3, 0.4) is 0 Å². The number of oxazole rings is 1. The molecule has 1 fully saturated rings. The Morgan fingerprint density at radius 1 is 1.43 bits per heavy atom. The molecule has 0 saturated heterocycles. The summed E-state index contributed by atoms with van der Waals surface area (Å²) < 4.78 is 5.68. The van der Waals surface area contributed by atoms with E-state index in [0.29, 0.717) is 12.6 Å². The molecule has 1 amide bonds. The highest BCUT2D eigenvalue weighted by molar-refractivity contribution is 5.78. The molecule has 112 valence electrons. The third kappa shape index (κ3) is 4.04. The normalized spacial score (nSPS) is 14.8. The third-order valence-electron chi connectivity index (χ3n) is 3.62. The first-order valence-electron chi connectivity index (χ1n) is 7.53. The number of benzene rings is 1. The van der Waals surface area contributed by atoms with Crippen molar-refractivity contribution in [2.75, 3.05) is 20.1 Å². The molecule has 1 aliphatic carbocycles. The Morgan fingerprint density at radius 3 is 3.00 bits per heavy atom. The van der Waals surface area contributed by atoms with Crippen LogP contribution in [0.5, 0.6) is 0 Å². The topological polar surface area (TPSA) is 58.4 Å². The van der Waals surface area contributed by atoms with Crippen molar-refractivity contribution in [2.45, 2.75) is 31.7 Å². The summed E-state index contributed by atoms with van der Waals surface area (Å²) >= 11 is 0. The fourth-order valence-electron chi connectivity index (χ4n) is 2.35. The molecule has 5 nitrogen and oxygen atoms in total. The number of aryl methyl sites for hydroxylation is 1. The highest BCUT2D eigenvalue weighted by Gasteiger charge is 2.23. The van der Waals surface area contributed by atoms with Gasteiger partial charge in [-0.3, -0.25) is 9.69 Å². The average Bonchev–Trinajstić information content (AvgIpc) is 3.15. The molecule has 1 aliphatic rings. The number of fused-ring (bicyclic) bond motifs is 1. The Kier molecular flexibility index (Phi) is 4.20. The first-order valence-corrected chi connectivity index (χ1v) is 7.53. The van der Waals surface area contributed by atoms with E-state index in [1.54, 1.807) is 0 Å². The van der Waals surface area contributed by atoms with Gasteiger partial charge in [-0.05, 0) is 45.0 Å². The molecule has 1 N–H and O–H groups in total. The molecule has 5 heteroatoms. The zero-order chi connectivity index (χ0) is 14.7. The summed E-state index contributed by atoms with van der Waals surface area (Å²) in [6, 6.07) is 8.23. The lowest BCUT2D eigenvalue weighted by atomic mass is 10.3. The number of rotatable bonds is 7. The van der Waals surface area contributed by atoms with Gasteiger partial charge in [-0.1, -0.05) is 12.1 Å². The van der Waals surface area contributed by atoms with Crippen LogP contribution < -0.4 is 5.32 Å². The Morgan fingerprint density at radius 2 is 2.24 bits per heavy atom. The van der Waals surface area contributed by atoms with Crippen LogP contribution in [0, 0.1) is 0 Å². The Hall–Kier alpha value is -1.88. The van der Waals surface area contributed by atoms with Gasteiger partial charge in [0.15, 0.2) is 11.5 Å². The molecule has 1 aromatic carbocycles. The molecule has 21 heavy (non-hydrogen) atoms. The fraction of sp³-hybridized carbons (Fsp3) is 0.500. The Labute approximate surface area is 124 Å². The van der Waals surface area contributed by atoms with Crippen molar-refractivity contribution in [3.8, 4) is 0 Å². The van der Waals surface area contributed by atoms with E-state index < -0.39 is 0 Å². The molecule has 0 atom stereocenters. The number of hydrogen-bond donors (Lipinski definition) is 1. The van der Waals surface area contributed by atoms with E-state index >= 15 is 0 Å². The van der Waals surface area contributed by atoms with Crippen molar-refractivity contribution in [1.82, 2.24) is 15.2 Å². The molecular formula is C16H21N3O2. The van der Waals surface area contributed by atoms with Gasteiger partial charge in [0.1, 0.15) is 5.52 Å². The van der Waals surface area contributed by atoms with Gasteiger partial charge < -0.3 is 9.73 Å². The first kappa shape index (κ1) is 14.1. The highest BCUT2D eigenvalue weighted by Crippen LogP contribution is 2.18. The largest absolute Gasteiger partial charge is 0.441 e. The van der Waals surface area contributed by atoms with Gasteiger partial charge in [0.25, 0.3) is 0 Å². The van der Waals surface area contributed by atoms with Crippen molar-refractivity contribution >= 4 is 17.0 Å². The molecule has 0 spiro atoms. The number of amides is 1. The second-order valence-electron chi connectivity index (χ2n) is 5.76. The quantitative estimate of drug-likeness (QED) is 0.846. The van der Waals surface area contributed by atoms with Crippen LogP contribution in [-0.2, 0) is 11.2 Å². The Balaban J connectivity index is 1.41.